The molecule has 1 aromatic rings. The van der Waals surface area contributed by atoms with Crippen molar-refractivity contribution in [1.82, 2.24) is 4.90 Å². The van der Waals surface area contributed by atoms with Gasteiger partial charge >= 0.3 is 5.97 Å². The molecule has 3 unspecified atom stereocenters. The quantitative estimate of drug-likeness (QED) is 0.301. The van der Waals surface area contributed by atoms with E-state index < -0.39 is 28.6 Å². The Labute approximate surface area is 210 Å². The molecule has 6 atom stereocenters. The molecule has 178 valence electrons. The molecule has 0 saturated carbocycles. The Morgan fingerprint density at radius 1 is 1.42 bits per heavy atom. The van der Waals surface area contributed by atoms with Crippen LogP contribution in [0.1, 0.15) is 13.3 Å². The van der Waals surface area contributed by atoms with Crippen LogP contribution in [0, 0.1) is 11.8 Å². The minimum absolute atomic E-state index is 0.0176. The second-order valence-electron chi connectivity index (χ2n) is 8.38. The van der Waals surface area contributed by atoms with Crippen molar-refractivity contribution in [2.75, 3.05) is 31.2 Å². The molecule has 0 aliphatic carbocycles. The summed E-state index contributed by atoms with van der Waals surface area (Å²) < 4.78 is 4.54. The molecule has 3 heterocycles. The second kappa shape index (κ2) is 9.60. The summed E-state index contributed by atoms with van der Waals surface area (Å²) in [5, 5.41) is 10.1. The van der Waals surface area contributed by atoms with Gasteiger partial charge in [-0.15, -0.1) is 18.3 Å². The highest BCUT2D eigenvalue weighted by molar-refractivity contribution is 9.09. The predicted molar refractivity (Wildman–Crippen MR) is 132 cm³/mol. The first-order chi connectivity index (χ1) is 15.8. The summed E-state index contributed by atoms with van der Waals surface area (Å²) in [6, 6.07) is 6.08. The average Bonchev–Trinajstić information content (AvgIpc) is 3.37. The number of hydrogen-bond donors (Lipinski definition) is 1. The van der Waals surface area contributed by atoms with Crippen molar-refractivity contribution < 1.29 is 24.2 Å². The van der Waals surface area contributed by atoms with E-state index in [0.717, 1.165) is 0 Å². The van der Waals surface area contributed by atoms with Crippen LogP contribution in [0.5, 0.6) is 0 Å². The minimum Gasteiger partial charge on any atom is -0.466 e. The van der Waals surface area contributed by atoms with E-state index in [9.17, 15) is 19.5 Å². The van der Waals surface area contributed by atoms with Crippen molar-refractivity contribution >= 4 is 62.8 Å². The number of hydrogen-bond acceptors (Lipinski definition) is 6. The number of likely N-dealkylation sites (tertiary alicyclic amines) is 1. The molecule has 0 aromatic heterocycles. The Morgan fingerprint density at radius 3 is 2.73 bits per heavy atom. The standard InChI is InChI=1S/C23H26BrClN2O5S/c1-3-9-26(14-7-5-13(25)6-8-14)21(30)19-23-12-15(24)18(33-23)16(22(31)32-4-2)17(23)20(29)27(19)10-11-28/h3,5-8,15-19,28H,1,4,9-12H2,2H3/t15?,16-,17-,18-,19?,23?/m0/s1. The zero-order chi connectivity index (χ0) is 23.9. The van der Waals surface area contributed by atoms with E-state index >= 15 is 0 Å². The minimum atomic E-state index is -0.827. The molecular formula is C23H26BrClN2O5S. The number of amides is 2. The fourth-order valence-corrected chi connectivity index (χ4v) is 9.21. The van der Waals surface area contributed by atoms with Gasteiger partial charge in [-0.2, -0.15) is 0 Å². The van der Waals surface area contributed by atoms with Crippen LogP contribution in [-0.4, -0.2) is 75.0 Å². The Hall–Kier alpha value is -1.55. The number of esters is 1. The van der Waals surface area contributed by atoms with E-state index in [1.807, 2.05) is 0 Å². The van der Waals surface area contributed by atoms with Gasteiger partial charge in [0.2, 0.25) is 5.91 Å². The molecule has 10 heteroatoms. The number of ether oxygens (including phenoxy) is 1. The first-order valence-corrected chi connectivity index (χ1v) is 13.1. The SMILES string of the molecule is C=CCN(C(=O)C1N(CCO)C(=O)[C@@H]2[C@H](C(=O)OCC)[C@H]3SC12CC3Br)c1ccc(Cl)cc1. The topological polar surface area (TPSA) is 87.2 Å². The number of aliphatic hydroxyl groups excluding tert-OH is 1. The number of nitrogens with zero attached hydrogens (tertiary/aromatic N) is 2. The van der Waals surface area contributed by atoms with Gasteiger partial charge in [0.15, 0.2) is 0 Å². The number of benzene rings is 1. The Kier molecular flexibility index (Phi) is 7.15. The van der Waals surface area contributed by atoms with Crippen LogP contribution in [0.15, 0.2) is 36.9 Å². The molecule has 3 aliphatic rings. The van der Waals surface area contributed by atoms with Crippen LogP contribution in [0.3, 0.4) is 0 Å². The molecule has 1 aromatic carbocycles. The summed E-state index contributed by atoms with van der Waals surface area (Å²) in [4.78, 5) is 43.6. The molecule has 1 spiro atoms. The van der Waals surface area contributed by atoms with Crippen molar-refractivity contribution in [3.8, 4) is 0 Å². The van der Waals surface area contributed by atoms with Gasteiger partial charge in [0.25, 0.3) is 5.91 Å². The highest BCUT2D eigenvalue weighted by Gasteiger charge is 2.76. The molecule has 33 heavy (non-hydrogen) atoms. The van der Waals surface area contributed by atoms with E-state index in [2.05, 4.69) is 22.5 Å². The Morgan fingerprint density at radius 2 is 2.12 bits per heavy atom. The number of halogens is 2. The third-order valence-electron chi connectivity index (χ3n) is 6.64. The lowest BCUT2D eigenvalue weighted by atomic mass is 9.71. The van der Waals surface area contributed by atoms with Crippen molar-refractivity contribution in [3.63, 3.8) is 0 Å². The second-order valence-corrected chi connectivity index (χ2v) is 11.5. The van der Waals surface area contributed by atoms with Crippen molar-refractivity contribution in [1.29, 1.82) is 0 Å². The molecule has 3 fully saturated rings. The van der Waals surface area contributed by atoms with Gasteiger partial charge in [-0.05, 0) is 37.6 Å². The van der Waals surface area contributed by atoms with E-state index in [1.165, 1.54) is 16.7 Å². The number of β-amino-alcohol motifs (C(OH)–C–C–N with tert-alkyl or cyclic N) is 1. The Balaban J connectivity index is 1.78. The number of rotatable bonds is 8. The van der Waals surface area contributed by atoms with Gasteiger partial charge in [-0.25, -0.2) is 0 Å². The fourth-order valence-electron chi connectivity index (χ4n) is 5.49. The average molecular weight is 558 g/mol. The lowest BCUT2D eigenvalue weighted by Crippen LogP contribution is -2.56. The molecule has 3 saturated heterocycles. The van der Waals surface area contributed by atoms with Gasteiger partial charge in [-0.3, -0.25) is 14.4 Å². The first-order valence-electron chi connectivity index (χ1n) is 10.9. The number of thioether (sulfide) groups is 1. The largest absolute Gasteiger partial charge is 0.466 e. The molecule has 2 bridgehead atoms. The number of anilines is 1. The molecule has 0 radical (unpaired) electrons. The van der Waals surface area contributed by atoms with Gasteiger partial charge < -0.3 is 19.6 Å². The third-order valence-corrected chi connectivity index (χ3v) is 10.1. The molecule has 2 amide bonds. The van der Waals surface area contributed by atoms with Crippen LogP contribution in [0.4, 0.5) is 5.69 Å². The molecular weight excluding hydrogens is 532 g/mol. The van der Waals surface area contributed by atoms with Crippen LogP contribution in [0.2, 0.25) is 5.02 Å². The van der Waals surface area contributed by atoms with Crippen LogP contribution >= 0.6 is 39.3 Å². The normalized spacial score (nSPS) is 32.1. The summed E-state index contributed by atoms with van der Waals surface area (Å²) in [6.07, 6.45) is 2.19. The number of alkyl halides is 1. The van der Waals surface area contributed by atoms with E-state index in [-0.39, 0.29) is 48.2 Å². The van der Waals surface area contributed by atoms with Crippen LogP contribution < -0.4 is 4.90 Å². The van der Waals surface area contributed by atoms with E-state index in [4.69, 9.17) is 16.3 Å². The van der Waals surface area contributed by atoms with Crippen molar-refractivity contribution in [3.05, 3.63) is 41.9 Å². The van der Waals surface area contributed by atoms with E-state index in [1.54, 1.807) is 42.2 Å². The third kappa shape index (κ3) is 3.90. The maximum absolute atomic E-state index is 14.1. The first kappa shape index (κ1) is 24.6. The summed E-state index contributed by atoms with van der Waals surface area (Å²) in [5.74, 6) is -2.25. The van der Waals surface area contributed by atoms with Gasteiger partial charge in [0, 0.05) is 33.9 Å². The maximum atomic E-state index is 14.1. The number of aliphatic hydroxyl groups is 1. The lowest BCUT2D eigenvalue weighted by Gasteiger charge is -2.37. The number of fused-ring (bicyclic) bond motifs is 1. The summed E-state index contributed by atoms with van der Waals surface area (Å²) in [7, 11) is 0. The zero-order valence-electron chi connectivity index (χ0n) is 18.2. The number of carbonyl (C=O) groups is 3. The fraction of sp³-hybridized carbons (Fsp3) is 0.522. The molecule has 4 rings (SSSR count). The number of carbonyl (C=O) groups excluding carboxylic acids is 3. The van der Waals surface area contributed by atoms with Crippen molar-refractivity contribution in [2.45, 2.75) is 34.2 Å². The van der Waals surface area contributed by atoms with Gasteiger partial charge in [0.1, 0.15) is 6.04 Å². The Bertz CT molecular complexity index is 963. The molecule has 3 aliphatic heterocycles. The van der Waals surface area contributed by atoms with Crippen LogP contribution in [-0.2, 0) is 19.1 Å². The predicted octanol–water partition coefficient (Wildman–Crippen LogP) is 2.88. The van der Waals surface area contributed by atoms with Crippen molar-refractivity contribution in [2.24, 2.45) is 11.8 Å². The summed E-state index contributed by atoms with van der Waals surface area (Å²) >= 11 is 11.3. The lowest BCUT2D eigenvalue weighted by molar-refractivity contribution is -0.153. The molecule has 7 nitrogen and oxygen atoms in total. The van der Waals surface area contributed by atoms with Gasteiger partial charge in [-0.1, -0.05) is 33.6 Å². The van der Waals surface area contributed by atoms with Gasteiger partial charge in [0.05, 0.1) is 29.8 Å². The highest BCUT2D eigenvalue weighted by Crippen LogP contribution is 2.68. The highest BCUT2D eigenvalue weighted by atomic mass is 79.9. The van der Waals surface area contributed by atoms with Crippen LogP contribution in [0.25, 0.3) is 0 Å². The van der Waals surface area contributed by atoms with E-state index in [0.29, 0.717) is 17.1 Å². The molecule has 1 N–H and O–H groups in total. The monoisotopic (exact) mass is 556 g/mol. The maximum Gasteiger partial charge on any atom is 0.310 e. The summed E-state index contributed by atoms with van der Waals surface area (Å²) in [5.41, 5.74) is 0.635. The summed E-state index contributed by atoms with van der Waals surface area (Å²) in [6.45, 7) is 5.73. The smallest absolute Gasteiger partial charge is 0.310 e. The zero-order valence-corrected chi connectivity index (χ0v) is 21.3.